The zero-order valence-electron chi connectivity index (χ0n) is 10.3. The van der Waals surface area contributed by atoms with E-state index in [9.17, 15) is 9.90 Å². The summed E-state index contributed by atoms with van der Waals surface area (Å²) in [6.45, 7) is 4.68. The molecule has 1 saturated heterocycles. The van der Waals surface area contributed by atoms with Gasteiger partial charge >= 0.3 is 5.97 Å². The second kappa shape index (κ2) is 4.35. The third-order valence-electron chi connectivity index (χ3n) is 3.64. The zero-order chi connectivity index (χ0) is 12.5. The molecule has 2 rings (SSSR count). The molecule has 1 aromatic rings. The molecular weight excluding hydrogens is 216 g/mol. The van der Waals surface area contributed by atoms with Crippen LogP contribution < -0.4 is 4.90 Å². The number of anilines is 1. The van der Waals surface area contributed by atoms with Crippen LogP contribution in [0.2, 0.25) is 0 Å². The summed E-state index contributed by atoms with van der Waals surface area (Å²) in [5.74, 6) is 0.0391. The van der Waals surface area contributed by atoms with E-state index in [1.165, 1.54) is 0 Å². The Bertz CT molecular complexity index is 416. The molecule has 92 valence electrons. The van der Waals surface area contributed by atoms with Gasteiger partial charge in [0.15, 0.2) is 0 Å². The van der Waals surface area contributed by atoms with E-state index in [-0.39, 0.29) is 0 Å². The minimum atomic E-state index is -0.762. The van der Waals surface area contributed by atoms with Crippen molar-refractivity contribution in [2.24, 2.45) is 0 Å². The Morgan fingerprint density at radius 3 is 2.88 bits per heavy atom. The molecule has 2 heterocycles. The van der Waals surface area contributed by atoms with Crippen LogP contribution in [0.25, 0.3) is 0 Å². The molecule has 0 aromatic carbocycles. The van der Waals surface area contributed by atoms with Gasteiger partial charge in [0.25, 0.3) is 0 Å². The molecule has 1 atom stereocenters. The lowest BCUT2D eigenvalue weighted by Crippen LogP contribution is -2.50. The van der Waals surface area contributed by atoms with Crippen molar-refractivity contribution in [3.8, 4) is 0 Å². The molecular formula is C13H18N2O2. The summed E-state index contributed by atoms with van der Waals surface area (Å²) in [4.78, 5) is 17.8. The second-order valence-corrected chi connectivity index (χ2v) is 4.64. The van der Waals surface area contributed by atoms with E-state index in [1.807, 2.05) is 30.9 Å². The Morgan fingerprint density at radius 1 is 1.59 bits per heavy atom. The maximum Gasteiger partial charge on any atom is 0.329 e. The smallest absolute Gasteiger partial charge is 0.329 e. The number of carbonyl (C=O) groups is 1. The number of aryl methyl sites for hydroxylation is 1. The topological polar surface area (TPSA) is 53.4 Å². The maximum atomic E-state index is 11.5. The molecule has 1 aromatic heterocycles. The summed E-state index contributed by atoms with van der Waals surface area (Å²) in [5, 5.41) is 9.48. The number of hydrogen-bond acceptors (Lipinski definition) is 3. The molecule has 4 nitrogen and oxygen atoms in total. The molecule has 1 N–H and O–H groups in total. The number of carboxylic acid groups (broad SMARTS) is 1. The number of carboxylic acids is 1. The molecule has 1 fully saturated rings. The van der Waals surface area contributed by atoms with Crippen molar-refractivity contribution in [3.05, 3.63) is 23.9 Å². The standard InChI is InChI=1S/C13H18N2O2/c1-3-13(12(16)17)7-4-8-15(13)11-6-5-10(2)9-14-11/h5-6,9H,3-4,7-8H2,1-2H3,(H,16,17). The van der Waals surface area contributed by atoms with Gasteiger partial charge in [0.1, 0.15) is 11.4 Å². The fourth-order valence-electron chi connectivity index (χ4n) is 2.57. The lowest BCUT2D eigenvalue weighted by molar-refractivity contribution is -0.143. The Balaban J connectivity index is 2.37. The minimum Gasteiger partial charge on any atom is -0.479 e. The highest BCUT2D eigenvalue weighted by atomic mass is 16.4. The molecule has 1 aliphatic heterocycles. The number of nitrogens with zero attached hydrogens (tertiary/aromatic N) is 2. The van der Waals surface area contributed by atoms with Crippen molar-refractivity contribution in [2.45, 2.75) is 38.6 Å². The average Bonchev–Trinajstić information content (AvgIpc) is 2.75. The van der Waals surface area contributed by atoms with E-state index in [2.05, 4.69) is 4.98 Å². The lowest BCUT2D eigenvalue weighted by atomic mass is 9.93. The Labute approximate surface area is 101 Å². The van der Waals surface area contributed by atoms with Crippen LogP contribution in [0.4, 0.5) is 5.82 Å². The van der Waals surface area contributed by atoms with Crippen molar-refractivity contribution in [1.29, 1.82) is 0 Å². The molecule has 0 aliphatic carbocycles. The van der Waals surface area contributed by atoms with Crippen molar-refractivity contribution in [3.63, 3.8) is 0 Å². The quantitative estimate of drug-likeness (QED) is 0.871. The first-order valence-electron chi connectivity index (χ1n) is 6.04. The van der Waals surface area contributed by atoms with E-state index in [0.29, 0.717) is 12.8 Å². The molecule has 1 aliphatic rings. The van der Waals surface area contributed by atoms with Gasteiger partial charge in [-0.2, -0.15) is 0 Å². The highest BCUT2D eigenvalue weighted by molar-refractivity contribution is 5.84. The predicted molar refractivity (Wildman–Crippen MR) is 66.2 cm³/mol. The first kappa shape index (κ1) is 11.9. The van der Waals surface area contributed by atoms with Crippen molar-refractivity contribution < 1.29 is 9.90 Å². The van der Waals surface area contributed by atoms with Gasteiger partial charge in [-0.15, -0.1) is 0 Å². The first-order valence-corrected chi connectivity index (χ1v) is 6.04. The second-order valence-electron chi connectivity index (χ2n) is 4.64. The van der Waals surface area contributed by atoms with E-state index in [1.54, 1.807) is 6.20 Å². The molecule has 0 saturated carbocycles. The molecule has 4 heteroatoms. The third-order valence-corrected chi connectivity index (χ3v) is 3.64. The summed E-state index contributed by atoms with van der Waals surface area (Å²) >= 11 is 0. The van der Waals surface area contributed by atoms with Gasteiger partial charge < -0.3 is 10.0 Å². The Hall–Kier alpha value is -1.58. The number of aromatic nitrogens is 1. The van der Waals surface area contributed by atoms with Crippen molar-refractivity contribution in [2.75, 3.05) is 11.4 Å². The van der Waals surface area contributed by atoms with Crippen LogP contribution >= 0.6 is 0 Å². The van der Waals surface area contributed by atoms with Crippen LogP contribution in [0.1, 0.15) is 31.7 Å². The fraction of sp³-hybridized carbons (Fsp3) is 0.538. The first-order chi connectivity index (χ1) is 8.10. The van der Waals surface area contributed by atoms with Gasteiger partial charge in [-0.3, -0.25) is 0 Å². The third kappa shape index (κ3) is 1.88. The van der Waals surface area contributed by atoms with Crippen LogP contribution in [0.3, 0.4) is 0 Å². The molecule has 0 bridgehead atoms. The average molecular weight is 234 g/mol. The normalized spacial score (nSPS) is 24.0. The summed E-state index contributed by atoms with van der Waals surface area (Å²) in [5.41, 5.74) is 0.327. The fourth-order valence-corrected chi connectivity index (χ4v) is 2.57. The van der Waals surface area contributed by atoms with Gasteiger partial charge in [0.2, 0.25) is 0 Å². The van der Waals surface area contributed by atoms with Crippen molar-refractivity contribution in [1.82, 2.24) is 4.98 Å². The van der Waals surface area contributed by atoms with Crippen LogP contribution in [0, 0.1) is 6.92 Å². The number of aliphatic carboxylic acids is 1. The molecule has 0 spiro atoms. The number of pyridine rings is 1. The van der Waals surface area contributed by atoms with E-state index in [0.717, 1.165) is 24.3 Å². The SMILES string of the molecule is CCC1(C(=O)O)CCCN1c1ccc(C)cn1. The van der Waals surface area contributed by atoms with Crippen LogP contribution in [-0.2, 0) is 4.79 Å². The lowest BCUT2D eigenvalue weighted by Gasteiger charge is -2.34. The summed E-state index contributed by atoms with van der Waals surface area (Å²) in [6.07, 6.45) is 4.01. The van der Waals surface area contributed by atoms with E-state index in [4.69, 9.17) is 0 Å². The highest BCUT2D eigenvalue weighted by Gasteiger charge is 2.46. The number of rotatable bonds is 3. The number of hydrogen-bond donors (Lipinski definition) is 1. The van der Waals surface area contributed by atoms with Gasteiger partial charge in [0, 0.05) is 12.7 Å². The van der Waals surface area contributed by atoms with Gasteiger partial charge in [-0.25, -0.2) is 9.78 Å². The van der Waals surface area contributed by atoms with Crippen LogP contribution in [0.5, 0.6) is 0 Å². The van der Waals surface area contributed by atoms with Gasteiger partial charge in [-0.05, 0) is 37.8 Å². The molecule has 1 unspecified atom stereocenters. The molecule has 17 heavy (non-hydrogen) atoms. The minimum absolute atomic E-state index is 0.609. The van der Waals surface area contributed by atoms with Crippen molar-refractivity contribution >= 4 is 11.8 Å². The molecule has 0 radical (unpaired) electrons. The maximum absolute atomic E-state index is 11.5. The van der Waals surface area contributed by atoms with E-state index >= 15 is 0 Å². The largest absolute Gasteiger partial charge is 0.479 e. The Kier molecular flexibility index (Phi) is 3.05. The van der Waals surface area contributed by atoms with E-state index < -0.39 is 11.5 Å². The van der Waals surface area contributed by atoms with Gasteiger partial charge in [-0.1, -0.05) is 13.0 Å². The summed E-state index contributed by atoms with van der Waals surface area (Å²) in [7, 11) is 0. The molecule has 0 amide bonds. The Morgan fingerprint density at radius 2 is 2.35 bits per heavy atom. The zero-order valence-corrected chi connectivity index (χ0v) is 10.3. The summed E-state index contributed by atoms with van der Waals surface area (Å²) in [6, 6.07) is 3.89. The van der Waals surface area contributed by atoms with Crippen LogP contribution in [0.15, 0.2) is 18.3 Å². The monoisotopic (exact) mass is 234 g/mol. The predicted octanol–water partition coefficient (Wildman–Crippen LogP) is 2.22. The van der Waals surface area contributed by atoms with Crippen LogP contribution in [-0.4, -0.2) is 28.1 Å². The summed E-state index contributed by atoms with van der Waals surface area (Å²) < 4.78 is 0. The highest BCUT2D eigenvalue weighted by Crippen LogP contribution is 2.35. The van der Waals surface area contributed by atoms with Gasteiger partial charge in [0.05, 0.1) is 0 Å².